The predicted octanol–water partition coefficient (Wildman–Crippen LogP) is 4.89. The molecule has 0 heterocycles. The monoisotopic (exact) mass is 279 g/mol. The third-order valence-corrected chi connectivity index (χ3v) is 3.27. The van der Waals surface area contributed by atoms with Crippen LogP contribution < -0.4 is 5.32 Å². The van der Waals surface area contributed by atoms with Gasteiger partial charge >= 0.3 is 0 Å². The summed E-state index contributed by atoms with van der Waals surface area (Å²) < 4.78 is 40.0. The Hall–Kier alpha value is -1.97. The van der Waals surface area contributed by atoms with Gasteiger partial charge in [0.05, 0.1) is 5.69 Å². The van der Waals surface area contributed by atoms with E-state index in [-0.39, 0.29) is 11.7 Å². The molecule has 0 aliphatic carbocycles. The molecule has 1 nitrogen and oxygen atoms in total. The Kier molecular flexibility index (Phi) is 4.02. The van der Waals surface area contributed by atoms with Crippen LogP contribution in [0.3, 0.4) is 0 Å². The molecule has 1 atom stereocenters. The Morgan fingerprint density at radius 3 is 2.40 bits per heavy atom. The lowest BCUT2D eigenvalue weighted by molar-refractivity contribution is 0.496. The van der Waals surface area contributed by atoms with Gasteiger partial charge in [0.15, 0.2) is 11.6 Å². The van der Waals surface area contributed by atoms with E-state index in [2.05, 4.69) is 5.32 Å². The molecule has 20 heavy (non-hydrogen) atoms. The smallest absolute Gasteiger partial charge is 0.182 e. The van der Waals surface area contributed by atoms with Gasteiger partial charge in [-0.15, -0.1) is 0 Å². The van der Waals surface area contributed by atoms with Crippen LogP contribution in [0, 0.1) is 31.3 Å². The van der Waals surface area contributed by atoms with Gasteiger partial charge in [0, 0.05) is 18.2 Å². The van der Waals surface area contributed by atoms with E-state index in [1.165, 1.54) is 0 Å². The number of aryl methyl sites for hydroxylation is 2. The van der Waals surface area contributed by atoms with E-state index < -0.39 is 17.5 Å². The van der Waals surface area contributed by atoms with Gasteiger partial charge in [-0.1, -0.05) is 23.8 Å². The first-order valence-electron chi connectivity index (χ1n) is 6.36. The van der Waals surface area contributed by atoms with Gasteiger partial charge in [-0.05, 0) is 31.9 Å². The summed E-state index contributed by atoms with van der Waals surface area (Å²) in [7, 11) is 0. The fourth-order valence-electron chi connectivity index (χ4n) is 2.20. The Balaban J connectivity index is 2.32. The van der Waals surface area contributed by atoms with E-state index in [0.29, 0.717) is 6.07 Å². The summed E-state index contributed by atoms with van der Waals surface area (Å²) in [6.45, 7) is 5.72. The molecular formula is C16H16F3N. The lowest BCUT2D eigenvalue weighted by Gasteiger charge is -2.19. The van der Waals surface area contributed by atoms with Gasteiger partial charge < -0.3 is 5.32 Å². The van der Waals surface area contributed by atoms with E-state index in [1.54, 1.807) is 0 Å². The Morgan fingerprint density at radius 2 is 1.70 bits per heavy atom. The highest BCUT2D eigenvalue weighted by atomic mass is 19.2. The minimum absolute atomic E-state index is 0.170. The maximum atomic E-state index is 13.6. The average molecular weight is 279 g/mol. The molecule has 2 aromatic carbocycles. The first-order chi connectivity index (χ1) is 9.38. The van der Waals surface area contributed by atoms with E-state index in [1.807, 2.05) is 39.0 Å². The molecule has 0 saturated carbocycles. The van der Waals surface area contributed by atoms with Gasteiger partial charge in [-0.2, -0.15) is 0 Å². The first kappa shape index (κ1) is 14.4. The fraction of sp³-hybridized carbons (Fsp3) is 0.250. The number of halogens is 3. The highest BCUT2D eigenvalue weighted by Gasteiger charge is 2.15. The molecule has 1 unspecified atom stereocenters. The van der Waals surface area contributed by atoms with Crippen LogP contribution in [0.4, 0.5) is 18.9 Å². The van der Waals surface area contributed by atoms with Crippen LogP contribution in [-0.2, 0) is 0 Å². The zero-order valence-corrected chi connectivity index (χ0v) is 11.6. The Labute approximate surface area is 116 Å². The standard InChI is InChI=1S/C16H16F3N/c1-9-4-5-10(2)13(6-9)11(3)20-15-8-12(17)7-14(18)16(15)19/h4-8,11,20H,1-3H3. The SMILES string of the molecule is Cc1ccc(C)c(C(C)Nc2cc(F)cc(F)c2F)c1. The van der Waals surface area contributed by atoms with Gasteiger partial charge in [0.25, 0.3) is 0 Å². The van der Waals surface area contributed by atoms with Crippen molar-refractivity contribution in [3.63, 3.8) is 0 Å². The summed E-state index contributed by atoms with van der Waals surface area (Å²) in [5.74, 6) is -3.07. The summed E-state index contributed by atoms with van der Waals surface area (Å²) in [6, 6.07) is 7.15. The van der Waals surface area contributed by atoms with Crippen molar-refractivity contribution in [2.45, 2.75) is 26.8 Å². The second kappa shape index (κ2) is 5.57. The van der Waals surface area contributed by atoms with Crippen LogP contribution in [-0.4, -0.2) is 0 Å². The van der Waals surface area contributed by atoms with E-state index in [0.717, 1.165) is 22.8 Å². The summed E-state index contributed by atoms with van der Waals surface area (Å²) >= 11 is 0. The van der Waals surface area contributed by atoms with Gasteiger partial charge in [-0.25, -0.2) is 13.2 Å². The van der Waals surface area contributed by atoms with Crippen LogP contribution in [0.1, 0.15) is 29.7 Å². The lowest BCUT2D eigenvalue weighted by atomic mass is 10.00. The molecule has 0 radical (unpaired) electrons. The molecule has 4 heteroatoms. The summed E-state index contributed by atoms with van der Waals surface area (Å²) in [5.41, 5.74) is 2.91. The molecule has 0 spiro atoms. The molecule has 0 bridgehead atoms. The van der Waals surface area contributed by atoms with Crippen molar-refractivity contribution >= 4 is 5.69 Å². The molecule has 0 aliphatic heterocycles. The number of hydrogen-bond donors (Lipinski definition) is 1. The number of benzene rings is 2. The molecule has 0 amide bonds. The third-order valence-electron chi connectivity index (χ3n) is 3.27. The minimum atomic E-state index is -1.19. The number of anilines is 1. The first-order valence-corrected chi connectivity index (χ1v) is 6.36. The maximum absolute atomic E-state index is 13.6. The molecule has 2 rings (SSSR count). The van der Waals surface area contributed by atoms with Crippen molar-refractivity contribution in [1.29, 1.82) is 0 Å². The van der Waals surface area contributed by atoms with Gasteiger partial charge in [0.2, 0.25) is 0 Å². The second-order valence-electron chi connectivity index (χ2n) is 4.98. The van der Waals surface area contributed by atoms with Crippen LogP contribution in [0.2, 0.25) is 0 Å². The van der Waals surface area contributed by atoms with Crippen LogP contribution in [0.15, 0.2) is 30.3 Å². The van der Waals surface area contributed by atoms with Crippen molar-refractivity contribution in [3.05, 3.63) is 64.5 Å². The van der Waals surface area contributed by atoms with Crippen LogP contribution in [0.5, 0.6) is 0 Å². The molecule has 0 aromatic heterocycles. The van der Waals surface area contributed by atoms with E-state index in [9.17, 15) is 13.2 Å². The van der Waals surface area contributed by atoms with Crippen molar-refractivity contribution in [2.24, 2.45) is 0 Å². The lowest BCUT2D eigenvalue weighted by Crippen LogP contribution is -2.10. The highest BCUT2D eigenvalue weighted by Crippen LogP contribution is 2.26. The normalized spacial score (nSPS) is 12.3. The number of hydrogen-bond acceptors (Lipinski definition) is 1. The largest absolute Gasteiger partial charge is 0.376 e. The summed E-state index contributed by atoms with van der Waals surface area (Å²) in [6.07, 6.45) is 0. The van der Waals surface area contributed by atoms with E-state index in [4.69, 9.17) is 0 Å². The van der Waals surface area contributed by atoms with Crippen LogP contribution >= 0.6 is 0 Å². The van der Waals surface area contributed by atoms with Crippen molar-refractivity contribution in [2.75, 3.05) is 5.32 Å². The fourth-order valence-corrected chi connectivity index (χ4v) is 2.20. The molecule has 106 valence electrons. The molecule has 1 N–H and O–H groups in total. The van der Waals surface area contributed by atoms with Crippen molar-refractivity contribution in [3.8, 4) is 0 Å². The third kappa shape index (κ3) is 2.95. The zero-order chi connectivity index (χ0) is 14.9. The molecule has 0 saturated heterocycles. The number of rotatable bonds is 3. The zero-order valence-electron chi connectivity index (χ0n) is 11.6. The van der Waals surface area contributed by atoms with Crippen LogP contribution in [0.25, 0.3) is 0 Å². The van der Waals surface area contributed by atoms with E-state index >= 15 is 0 Å². The molecular weight excluding hydrogens is 263 g/mol. The minimum Gasteiger partial charge on any atom is -0.376 e. The second-order valence-corrected chi connectivity index (χ2v) is 4.98. The maximum Gasteiger partial charge on any atom is 0.182 e. The Morgan fingerprint density at radius 1 is 1.00 bits per heavy atom. The Bertz CT molecular complexity index is 638. The highest BCUT2D eigenvalue weighted by molar-refractivity contribution is 5.48. The molecule has 0 fully saturated rings. The van der Waals surface area contributed by atoms with Gasteiger partial charge in [0.1, 0.15) is 5.82 Å². The molecule has 0 aliphatic rings. The molecule has 2 aromatic rings. The van der Waals surface area contributed by atoms with Crippen molar-refractivity contribution in [1.82, 2.24) is 0 Å². The topological polar surface area (TPSA) is 12.0 Å². The predicted molar refractivity (Wildman–Crippen MR) is 74.3 cm³/mol. The summed E-state index contributed by atoms with van der Waals surface area (Å²) in [4.78, 5) is 0. The quantitative estimate of drug-likeness (QED) is 0.788. The van der Waals surface area contributed by atoms with Crippen molar-refractivity contribution < 1.29 is 13.2 Å². The summed E-state index contributed by atoms with van der Waals surface area (Å²) in [5, 5.41) is 2.82. The van der Waals surface area contributed by atoms with Gasteiger partial charge in [-0.3, -0.25) is 0 Å². The average Bonchev–Trinajstić information content (AvgIpc) is 2.38. The number of nitrogens with one attached hydrogen (secondary N) is 1.